The molecule has 1 aliphatic heterocycles. The molecule has 1 aromatic rings. The van der Waals surface area contributed by atoms with E-state index in [9.17, 15) is 8.42 Å². The van der Waals surface area contributed by atoms with Gasteiger partial charge in [0.05, 0.1) is 6.10 Å². The van der Waals surface area contributed by atoms with Crippen molar-refractivity contribution in [3.8, 4) is 0 Å². The molecule has 6 nitrogen and oxygen atoms in total. The minimum absolute atomic E-state index is 0.194. The summed E-state index contributed by atoms with van der Waals surface area (Å²) in [6, 6.07) is 0. The molecule has 0 bridgehead atoms. The van der Waals surface area contributed by atoms with Gasteiger partial charge >= 0.3 is 0 Å². The van der Waals surface area contributed by atoms with Gasteiger partial charge in [-0.25, -0.2) is 8.42 Å². The van der Waals surface area contributed by atoms with Gasteiger partial charge in [-0.1, -0.05) is 5.16 Å². The number of hydrogen-bond acceptors (Lipinski definition) is 5. The van der Waals surface area contributed by atoms with E-state index in [1.807, 2.05) is 0 Å². The molecule has 1 aromatic heterocycles. The van der Waals surface area contributed by atoms with Gasteiger partial charge in [0, 0.05) is 20.2 Å². The monoisotopic (exact) mass is 314 g/mol. The van der Waals surface area contributed by atoms with E-state index in [0.29, 0.717) is 30.6 Å². The molecule has 1 saturated heterocycles. The number of aryl methyl sites for hydroxylation is 2. The van der Waals surface area contributed by atoms with Crippen LogP contribution in [0.2, 0.25) is 0 Å². The Morgan fingerprint density at radius 1 is 1.29 bits per heavy atom. The summed E-state index contributed by atoms with van der Waals surface area (Å²) in [7, 11) is -1.75. The molecule has 2 fully saturated rings. The third-order valence-corrected chi connectivity index (χ3v) is 7.30. The molecule has 1 saturated carbocycles. The number of methoxy groups -OCH3 is 1. The van der Waals surface area contributed by atoms with Gasteiger partial charge in [-0.2, -0.15) is 4.31 Å². The van der Waals surface area contributed by atoms with E-state index < -0.39 is 10.0 Å². The molecule has 1 atom stereocenters. The topological polar surface area (TPSA) is 72.6 Å². The molecular formula is C14H22N2O4S. The Labute approximate surface area is 125 Å². The summed E-state index contributed by atoms with van der Waals surface area (Å²) in [5.74, 6) is 0.367. The molecule has 0 amide bonds. The minimum atomic E-state index is -3.50. The quantitative estimate of drug-likeness (QED) is 0.851. The number of hydrogen-bond donors (Lipinski definition) is 0. The first-order valence-electron chi connectivity index (χ1n) is 7.36. The Hall–Kier alpha value is -0.920. The normalized spacial score (nSPS) is 26.0. The van der Waals surface area contributed by atoms with E-state index in [0.717, 1.165) is 25.7 Å². The molecule has 0 radical (unpaired) electrons. The predicted molar refractivity (Wildman–Crippen MR) is 76.4 cm³/mol. The Morgan fingerprint density at radius 3 is 2.38 bits per heavy atom. The standard InChI is InChI=1S/C14H22N2O4S/c1-10-13(11(2)20-15-10)21(17,18)16-8-6-14(7-9-16)5-4-12(14)19-3/h12H,4-9H2,1-3H3. The van der Waals surface area contributed by atoms with Crippen molar-refractivity contribution in [1.82, 2.24) is 9.46 Å². The van der Waals surface area contributed by atoms with Gasteiger partial charge in [0.25, 0.3) is 0 Å². The summed E-state index contributed by atoms with van der Waals surface area (Å²) < 4.78 is 37.6. The second-order valence-corrected chi connectivity index (χ2v) is 8.06. The maximum Gasteiger partial charge on any atom is 0.248 e. The van der Waals surface area contributed by atoms with Crippen LogP contribution < -0.4 is 0 Å². The van der Waals surface area contributed by atoms with E-state index in [1.54, 1.807) is 25.3 Å². The van der Waals surface area contributed by atoms with Crippen molar-refractivity contribution in [2.75, 3.05) is 20.2 Å². The van der Waals surface area contributed by atoms with Gasteiger partial charge in [0.2, 0.25) is 10.0 Å². The fourth-order valence-electron chi connectivity index (χ4n) is 3.75. The molecule has 1 spiro atoms. The zero-order chi connectivity index (χ0) is 15.3. The molecule has 1 unspecified atom stereocenters. The van der Waals surface area contributed by atoms with Crippen LogP contribution in [0.4, 0.5) is 0 Å². The van der Waals surface area contributed by atoms with Gasteiger partial charge in [-0.3, -0.25) is 0 Å². The predicted octanol–water partition coefficient (Wildman–Crippen LogP) is 1.87. The molecule has 7 heteroatoms. The average molecular weight is 314 g/mol. The Bertz CT molecular complexity index is 608. The van der Waals surface area contributed by atoms with E-state index >= 15 is 0 Å². The lowest BCUT2D eigenvalue weighted by Crippen LogP contribution is -2.53. The Balaban J connectivity index is 1.78. The third kappa shape index (κ3) is 2.22. The molecule has 0 aromatic carbocycles. The van der Waals surface area contributed by atoms with E-state index in [-0.39, 0.29) is 10.3 Å². The zero-order valence-electron chi connectivity index (χ0n) is 12.8. The Morgan fingerprint density at radius 2 is 1.95 bits per heavy atom. The smallest absolute Gasteiger partial charge is 0.248 e. The van der Waals surface area contributed by atoms with Crippen molar-refractivity contribution < 1.29 is 17.7 Å². The number of rotatable bonds is 3. The van der Waals surface area contributed by atoms with Crippen LogP contribution in [0.3, 0.4) is 0 Å². The van der Waals surface area contributed by atoms with Crippen molar-refractivity contribution in [2.45, 2.75) is 50.5 Å². The van der Waals surface area contributed by atoms with Gasteiger partial charge < -0.3 is 9.26 Å². The van der Waals surface area contributed by atoms with Crippen molar-refractivity contribution >= 4 is 10.0 Å². The first kappa shape index (κ1) is 15.0. The van der Waals surface area contributed by atoms with Gasteiger partial charge in [-0.15, -0.1) is 0 Å². The summed E-state index contributed by atoms with van der Waals surface area (Å²) in [6.45, 7) is 4.41. The summed E-state index contributed by atoms with van der Waals surface area (Å²) in [5, 5.41) is 3.76. The summed E-state index contributed by atoms with van der Waals surface area (Å²) in [4.78, 5) is 0.232. The highest BCUT2D eigenvalue weighted by Crippen LogP contribution is 2.51. The lowest BCUT2D eigenvalue weighted by atomic mass is 9.61. The second kappa shape index (κ2) is 5.07. The zero-order valence-corrected chi connectivity index (χ0v) is 13.6. The molecular weight excluding hydrogens is 292 g/mol. The highest BCUT2D eigenvalue weighted by atomic mass is 32.2. The molecule has 2 heterocycles. The van der Waals surface area contributed by atoms with E-state index in [2.05, 4.69) is 5.16 Å². The van der Waals surface area contributed by atoms with Crippen LogP contribution in [-0.4, -0.2) is 44.2 Å². The highest BCUT2D eigenvalue weighted by Gasteiger charge is 2.50. The van der Waals surface area contributed by atoms with Crippen molar-refractivity contribution in [2.24, 2.45) is 5.41 Å². The van der Waals surface area contributed by atoms with Crippen molar-refractivity contribution in [3.63, 3.8) is 0 Å². The molecule has 0 N–H and O–H groups in total. The summed E-state index contributed by atoms with van der Waals surface area (Å²) >= 11 is 0. The van der Waals surface area contributed by atoms with Crippen molar-refractivity contribution in [3.05, 3.63) is 11.5 Å². The number of ether oxygens (including phenoxy) is 1. The van der Waals surface area contributed by atoms with Gasteiger partial charge in [0.1, 0.15) is 10.6 Å². The maximum atomic E-state index is 12.8. The van der Waals surface area contributed by atoms with Crippen molar-refractivity contribution in [1.29, 1.82) is 0 Å². The number of aromatic nitrogens is 1. The molecule has 2 aliphatic rings. The minimum Gasteiger partial charge on any atom is -0.381 e. The number of sulfonamides is 1. The molecule has 118 valence electrons. The second-order valence-electron chi connectivity index (χ2n) is 6.18. The SMILES string of the molecule is COC1CCC12CCN(S(=O)(=O)c1c(C)noc1C)CC2. The van der Waals surface area contributed by atoms with Crippen LogP contribution >= 0.6 is 0 Å². The lowest BCUT2D eigenvalue weighted by molar-refractivity contribution is -0.113. The summed E-state index contributed by atoms with van der Waals surface area (Å²) in [5.41, 5.74) is 0.630. The maximum absolute atomic E-state index is 12.8. The van der Waals surface area contributed by atoms with Crippen LogP contribution in [0, 0.1) is 19.3 Å². The molecule has 1 aliphatic carbocycles. The van der Waals surface area contributed by atoms with Crippen LogP contribution in [0.5, 0.6) is 0 Å². The molecule has 21 heavy (non-hydrogen) atoms. The van der Waals surface area contributed by atoms with Crippen LogP contribution in [0.1, 0.15) is 37.1 Å². The fourth-order valence-corrected chi connectivity index (χ4v) is 5.49. The van der Waals surface area contributed by atoms with Gasteiger partial charge in [-0.05, 0) is 44.9 Å². The fraction of sp³-hybridized carbons (Fsp3) is 0.786. The summed E-state index contributed by atoms with van der Waals surface area (Å²) in [6.07, 6.45) is 4.27. The van der Waals surface area contributed by atoms with Crippen LogP contribution in [-0.2, 0) is 14.8 Å². The first-order valence-corrected chi connectivity index (χ1v) is 8.80. The highest BCUT2D eigenvalue weighted by molar-refractivity contribution is 7.89. The van der Waals surface area contributed by atoms with Gasteiger partial charge in [0.15, 0.2) is 5.76 Å². The van der Waals surface area contributed by atoms with Crippen LogP contribution in [0.15, 0.2) is 9.42 Å². The van der Waals surface area contributed by atoms with Crippen LogP contribution in [0.25, 0.3) is 0 Å². The first-order chi connectivity index (χ1) is 9.90. The largest absolute Gasteiger partial charge is 0.381 e. The third-order valence-electron chi connectivity index (χ3n) is 5.16. The lowest BCUT2D eigenvalue weighted by Gasteiger charge is -2.52. The number of piperidine rings is 1. The van der Waals surface area contributed by atoms with E-state index in [4.69, 9.17) is 9.26 Å². The molecule has 3 rings (SSSR count). The van der Waals surface area contributed by atoms with E-state index in [1.165, 1.54) is 0 Å². The Kier molecular flexibility index (Phi) is 3.62. The number of nitrogens with zero attached hydrogens (tertiary/aromatic N) is 2. The average Bonchev–Trinajstić information content (AvgIpc) is 2.78.